The molecule has 2 atom stereocenters. The predicted molar refractivity (Wildman–Crippen MR) is 51.2 cm³/mol. The van der Waals surface area contributed by atoms with Crippen LogP contribution in [0.2, 0.25) is 0 Å². The van der Waals surface area contributed by atoms with Crippen LogP contribution in [0, 0.1) is 6.57 Å². The Morgan fingerprint density at radius 2 is 2.38 bits per heavy atom. The number of pyridine rings is 1. The van der Waals surface area contributed by atoms with E-state index in [0.717, 1.165) is 18.5 Å². The molecule has 2 nitrogen and oxygen atoms in total. The van der Waals surface area contributed by atoms with Gasteiger partial charge in [-0.25, -0.2) is 6.57 Å². The molecule has 1 aromatic heterocycles. The monoisotopic (exact) mass is 172 g/mol. The van der Waals surface area contributed by atoms with Crippen molar-refractivity contribution >= 4 is 0 Å². The number of fused-ring (bicyclic) bond motifs is 1. The Morgan fingerprint density at radius 3 is 3.15 bits per heavy atom. The van der Waals surface area contributed by atoms with Crippen LogP contribution in [0.1, 0.15) is 43.0 Å². The molecule has 0 spiro atoms. The van der Waals surface area contributed by atoms with E-state index in [9.17, 15) is 0 Å². The number of nitrogens with zero attached hydrogens (tertiary/aromatic N) is 2. The van der Waals surface area contributed by atoms with E-state index in [-0.39, 0.29) is 6.04 Å². The molecule has 13 heavy (non-hydrogen) atoms. The third kappa shape index (κ3) is 1.31. The maximum atomic E-state index is 7.08. The fraction of sp³-hybridized carbons (Fsp3) is 0.455. The zero-order chi connectivity index (χ0) is 9.26. The maximum absolute atomic E-state index is 7.08. The molecule has 0 saturated carbocycles. The summed E-state index contributed by atoms with van der Waals surface area (Å²) in [6, 6.07) is 4.07. The van der Waals surface area contributed by atoms with Crippen LogP contribution < -0.4 is 0 Å². The number of rotatable bonds is 0. The lowest BCUT2D eigenvalue weighted by atomic mass is 9.84. The van der Waals surface area contributed by atoms with Crippen molar-refractivity contribution in [1.82, 2.24) is 4.98 Å². The first-order valence-corrected chi connectivity index (χ1v) is 4.64. The lowest BCUT2D eigenvalue weighted by molar-refractivity contribution is 0.539. The highest BCUT2D eigenvalue weighted by molar-refractivity contribution is 5.30. The molecule has 0 saturated heterocycles. The van der Waals surface area contributed by atoms with Gasteiger partial charge in [-0.15, -0.1) is 0 Å². The Kier molecular flexibility index (Phi) is 2.02. The van der Waals surface area contributed by atoms with Crippen LogP contribution in [0.15, 0.2) is 18.3 Å². The van der Waals surface area contributed by atoms with Crippen LogP contribution in [0.3, 0.4) is 0 Å². The fourth-order valence-electron chi connectivity index (χ4n) is 1.95. The third-order valence-electron chi connectivity index (χ3n) is 2.75. The molecule has 0 bridgehead atoms. The summed E-state index contributed by atoms with van der Waals surface area (Å²) >= 11 is 0. The van der Waals surface area contributed by atoms with E-state index in [1.54, 1.807) is 6.20 Å². The lowest BCUT2D eigenvalue weighted by Gasteiger charge is -2.21. The minimum Gasteiger partial charge on any atom is -0.307 e. The normalized spacial score (nSPS) is 26.2. The van der Waals surface area contributed by atoms with E-state index in [1.807, 2.05) is 6.07 Å². The Labute approximate surface area is 78.4 Å². The van der Waals surface area contributed by atoms with Gasteiger partial charge in [-0.05, 0) is 24.0 Å². The molecule has 1 heterocycles. The van der Waals surface area contributed by atoms with E-state index in [1.165, 1.54) is 5.56 Å². The number of hydrogen-bond donors (Lipinski definition) is 0. The van der Waals surface area contributed by atoms with Gasteiger partial charge in [-0.1, -0.05) is 13.0 Å². The molecule has 1 aromatic rings. The van der Waals surface area contributed by atoms with Gasteiger partial charge in [-0.2, -0.15) is 0 Å². The Bertz CT molecular complexity index is 351. The van der Waals surface area contributed by atoms with Gasteiger partial charge < -0.3 is 4.85 Å². The fourth-order valence-corrected chi connectivity index (χ4v) is 1.95. The molecule has 0 unspecified atom stereocenters. The van der Waals surface area contributed by atoms with Gasteiger partial charge in [0.25, 0.3) is 6.04 Å². The van der Waals surface area contributed by atoms with Crippen LogP contribution in [0.4, 0.5) is 0 Å². The van der Waals surface area contributed by atoms with Crippen molar-refractivity contribution < 1.29 is 0 Å². The summed E-state index contributed by atoms with van der Waals surface area (Å²) in [4.78, 5) is 7.92. The second kappa shape index (κ2) is 3.18. The zero-order valence-corrected chi connectivity index (χ0v) is 7.70. The van der Waals surface area contributed by atoms with Crippen LogP contribution in [-0.2, 0) is 0 Å². The van der Waals surface area contributed by atoms with E-state index >= 15 is 0 Å². The quantitative estimate of drug-likeness (QED) is 0.550. The van der Waals surface area contributed by atoms with Crippen molar-refractivity contribution in [2.24, 2.45) is 0 Å². The predicted octanol–water partition coefficient (Wildman–Crippen LogP) is 2.94. The van der Waals surface area contributed by atoms with Gasteiger partial charge in [0.05, 0.1) is 0 Å². The van der Waals surface area contributed by atoms with E-state index in [4.69, 9.17) is 6.57 Å². The van der Waals surface area contributed by atoms with Crippen molar-refractivity contribution in [2.75, 3.05) is 0 Å². The molecule has 0 aromatic carbocycles. The largest absolute Gasteiger partial charge is 0.307 e. The van der Waals surface area contributed by atoms with Crippen molar-refractivity contribution in [1.29, 1.82) is 0 Å². The molecule has 0 N–H and O–H groups in total. The Morgan fingerprint density at radius 1 is 1.54 bits per heavy atom. The van der Waals surface area contributed by atoms with E-state index in [0.29, 0.717) is 5.92 Å². The molecule has 2 rings (SSSR count). The molecule has 2 heteroatoms. The Hall–Kier alpha value is -1.36. The molecule has 1 aliphatic carbocycles. The highest BCUT2D eigenvalue weighted by Gasteiger charge is 2.29. The molecule has 0 fully saturated rings. The summed E-state index contributed by atoms with van der Waals surface area (Å²) in [6.07, 6.45) is 3.87. The summed E-state index contributed by atoms with van der Waals surface area (Å²) in [5.41, 5.74) is 2.28. The summed E-state index contributed by atoms with van der Waals surface area (Å²) in [5, 5.41) is 0. The summed E-state index contributed by atoms with van der Waals surface area (Å²) in [7, 11) is 0. The first-order valence-electron chi connectivity index (χ1n) is 4.64. The molecule has 0 aliphatic heterocycles. The van der Waals surface area contributed by atoms with E-state index in [2.05, 4.69) is 22.8 Å². The second-order valence-electron chi connectivity index (χ2n) is 3.60. The van der Waals surface area contributed by atoms with Crippen molar-refractivity contribution in [3.63, 3.8) is 0 Å². The SMILES string of the molecule is [C-]#[N+][C@H]1CC[C@@H](C)c2cccnc21. The lowest BCUT2D eigenvalue weighted by Crippen LogP contribution is -2.11. The average Bonchev–Trinajstić information content (AvgIpc) is 2.19. The molecule has 0 radical (unpaired) electrons. The molecule has 66 valence electrons. The van der Waals surface area contributed by atoms with Gasteiger partial charge >= 0.3 is 0 Å². The van der Waals surface area contributed by atoms with E-state index < -0.39 is 0 Å². The van der Waals surface area contributed by atoms with Crippen molar-refractivity contribution in [2.45, 2.75) is 31.7 Å². The highest BCUT2D eigenvalue weighted by Crippen LogP contribution is 2.37. The highest BCUT2D eigenvalue weighted by atomic mass is 14.8. The summed E-state index contributed by atoms with van der Waals surface area (Å²) in [5.74, 6) is 0.571. The number of hydrogen-bond acceptors (Lipinski definition) is 1. The minimum atomic E-state index is 0.00685. The van der Waals surface area contributed by atoms with Crippen LogP contribution >= 0.6 is 0 Å². The number of aromatic nitrogens is 1. The summed E-state index contributed by atoms with van der Waals surface area (Å²) < 4.78 is 0. The second-order valence-corrected chi connectivity index (χ2v) is 3.60. The van der Waals surface area contributed by atoms with Crippen LogP contribution in [-0.4, -0.2) is 4.98 Å². The van der Waals surface area contributed by atoms with Crippen LogP contribution in [0.5, 0.6) is 0 Å². The van der Waals surface area contributed by atoms with Gasteiger partial charge in [0.2, 0.25) is 0 Å². The van der Waals surface area contributed by atoms with Crippen molar-refractivity contribution in [3.05, 3.63) is 41.0 Å². The van der Waals surface area contributed by atoms with Gasteiger partial charge in [0, 0.05) is 12.6 Å². The van der Waals surface area contributed by atoms with Crippen molar-refractivity contribution in [3.8, 4) is 0 Å². The first-order chi connectivity index (χ1) is 6.33. The Balaban J connectivity index is 2.49. The molecule has 0 amide bonds. The first kappa shape index (κ1) is 8.25. The smallest absolute Gasteiger partial charge is 0.265 e. The molecule has 1 aliphatic rings. The summed E-state index contributed by atoms with van der Waals surface area (Å²) in [6.45, 7) is 9.29. The minimum absolute atomic E-state index is 0.00685. The zero-order valence-electron chi connectivity index (χ0n) is 7.70. The topological polar surface area (TPSA) is 17.2 Å². The van der Waals surface area contributed by atoms with Gasteiger partial charge in [0.1, 0.15) is 5.69 Å². The maximum Gasteiger partial charge on any atom is 0.265 e. The van der Waals surface area contributed by atoms with Gasteiger partial charge in [-0.3, -0.25) is 4.98 Å². The average molecular weight is 172 g/mol. The van der Waals surface area contributed by atoms with Gasteiger partial charge in [0.15, 0.2) is 0 Å². The third-order valence-corrected chi connectivity index (χ3v) is 2.75. The molecular weight excluding hydrogens is 160 g/mol. The van der Waals surface area contributed by atoms with Crippen LogP contribution in [0.25, 0.3) is 4.85 Å². The molecular formula is C11H12N2. The standard InChI is InChI=1S/C11H12N2/c1-8-5-6-10(12-2)11-9(8)4-3-7-13-11/h3-4,7-8,10H,5-6H2,1H3/t8-,10+/m1/s1.